The van der Waals surface area contributed by atoms with E-state index in [-0.39, 0.29) is 35.4 Å². The lowest BCUT2D eigenvalue weighted by Gasteiger charge is -2.53. The molecule has 0 heterocycles. The van der Waals surface area contributed by atoms with Crippen LogP contribution in [0.1, 0.15) is 70.8 Å². The first-order valence-corrected chi connectivity index (χ1v) is 11.5. The molecule has 1 aromatic carbocycles. The molecule has 4 N–H and O–H groups in total. The Morgan fingerprint density at radius 2 is 1.72 bits per heavy atom. The second-order valence-corrected chi connectivity index (χ2v) is 10.7. The molecule has 0 bridgehead atoms. The summed E-state index contributed by atoms with van der Waals surface area (Å²) in [7, 11) is 0. The van der Waals surface area contributed by atoms with Crippen LogP contribution in [0.2, 0.25) is 0 Å². The maximum Gasteiger partial charge on any atom is 0.0952 e. The van der Waals surface area contributed by atoms with Crippen molar-refractivity contribution in [2.75, 3.05) is 6.61 Å². The average molecular weight is 403 g/mol. The van der Waals surface area contributed by atoms with E-state index < -0.39 is 11.7 Å². The Morgan fingerprint density at radius 3 is 2.41 bits per heavy atom. The van der Waals surface area contributed by atoms with Crippen LogP contribution in [0.15, 0.2) is 30.3 Å². The van der Waals surface area contributed by atoms with E-state index in [0.29, 0.717) is 18.8 Å². The van der Waals surface area contributed by atoms with E-state index in [0.717, 1.165) is 44.1 Å². The van der Waals surface area contributed by atoms with Crippen LogP contribution in [0.3, 0.4) is 0 Å². The minimum atomic E-state index is -0.790. The third-order valence-electron chi connectivity index (χ3n) is 9.42. The molecule has 162 valence electrons. The molecule has 29 heavy (non-hydrogen) atoms. The van der Waals surface area contributed by atoms with Gasteiger partial charge in [0.15, 0.2) is 0 Å². The van der Waals surface area contributed by atoms with Crippen LogP contribution in [0.5, 0.6) is 0 Å². The highest BCUT2D eigenvalue weighted by atomic mass is 16.3. The number of hydrogen-bond donors (Lipinski definition) is 4. The standard InChI is InChI=1S/C25H38O4/c1-23(11-10-21(27)15-20(23)16-26)22(28)17-8-12-24(2)19(14-17)9-13-25(24,29)18-6-4-3-5-7-18/h3-7,17,19-22,26-29H,8-16H2,1-2H3/t17-,19-,20+,21-,22?,23+,24-,25+/m0/s1. The van der Waals surface area contributed by atoms with E-state index in [2.05, 4.69) is 26.0 Å². The zero-order valence-corrected chi connectivity index (χ0v) is 17.9. The van der Waals surface area contributed by atoms with Crippen LogP contribution < -0.4 is 0 Å². The first-order valence-electron chi connectivity index (χ1n) is 11.5. The summed E-state index contributed by atoms with van der Waals surface area (Å²) >= 11 is 0. The lowest BCUT2D eigenvalue weighted by molar-refractivity contribution is -0.138. The molecular weight excluding hydrogens is 364 g/mol. The normalized spacial score (nSPS) is 46.3. The number of aliphatic hydroxyl groups excluding tert-OH is 3. The van der Waals surface area contributed by atoms with Crippen LogP contribution in [-0.2, 0) is 5.60 Å². The van der Waals surface area contributed by atoms with E-state index in [9.17, 15) is 20.4 Å². The van der Waals surface area contributed by atoms with Crippen molar-refractivity contribution in [1.29, 1.82) is 0 Å². The van der Waals surface area contributed by atoms with Gasteiger partial charge in [0.2, 0.25) is 0 Å². The van der Waals surface area contributed by atoms with E-state index in [4.69, 9.17) is 0 Å². The van der Waals surface area contributed by atoms with Crippen molar-refractivity contribution < 1.29 is 20.4 Å². The van der Waals surface area contributed by atoms with Gasteiger partial charge in [0.1, 0.15) is 0 Å². The highest BCUT2D eigenvalue weighted by molar-refractivity contribution is 5.28. The number of hydrogen-bond acceptors (Lipinski definition) is 4. The Kier molecular flexibility index (Phi) is 5.61. The summed E-state index contributed by atoms with van der Waals surface area (Å²) in [6, 6.07) is 10.1. The van der Waals surface area contributed by atoms with Crippen LogP contribution in [0.25, 0.3) is 0 Å². The maximum atomic E-state index is 11.7. The fourth-order valence-electron chi connectivity index (χ4n) is 7.17. The van der Waals surface area contributed by atoms with E-state index in [1.807, 2.05) is 18.2 Å². The summed E-state index contributed by atoms with van der Waals surface area (Å²) in [6.45, 7) is 4.37. The number of benzene rings is 1. The quantitative estimate of drug-likeness (QED) is 0.620. The highest BCUT2D eigenvalue weighted by Gasteiger charge is 2.60. The highest BCUT2D eigenvalue weighted by Crippen LogP contribution is 2.63. The van der Waals surface area contributed by atoms with Gasteiger partial charge in [-0.15, -0.1) is 0 Å². The summed E-state index contributed by atoms with van der Waals surface area (Å²) in [5.41, 5.74) is -0.273. The van der Waals surface area contributed by atoms with Gasteiger partial charge in [-0.3, -0.25) is 0 Å². The van der Waals surface area contributed by atoms with Crippen molar-refractivity contribution in [3.05, 3.63) is 35.9 Å². The van der Waals surface area contributed by atoms with E-state index in [1.165, 1.54) is 0 Å². The Morgan fingerprint density at radius 1 is 1.00 bits per heavy atom. The van der Waals surface area contributed by atoms with E-state index >= 15 is 0 Å². The minimum Gasteiger partial charge on any atom is -0.396 e. The maximum absolute atomic E-state index is 11.7. The molecule has 0 radical (unpaired) electrons. The monoisotopic (exact) mass is 402 g/mol. The van der Waals surface area contributed by atoms with Gasteiger partial charge in [-0.1, -0.05) is 44.2 Å². The summed E-state index contributed by atoms with van der Waals surface area (Å²) in [5, 5.41) is 43.1. The lowest BCUT2D eigenvalue weighted by atomic mass is 9.55. The van der Waals surface area contributed by atoms with Gasteiger partial charge in [-0.2, -0.15) is 0 Å². The predicted molar refractivity (Wildman–Crippen MR) is 113 cm³/mol. The predicted octanol–water partition coefficient (Wildman–Crippen LogP) is 3.61. The molecule has 8 atom stereocenters. The molecule has 0 aliphatic heterocycles. The van der Waals surface area contributed by atoms with Gasteiger partial charge in [0.25, 0.3) is 0 Å². The third kappa shape index (κ3) is 3.27. The molecule has 4 nitrogen and oxygen atoms in total. The van der Waals surface area contributed by atoms with Crippen molar-refractivity contribution in [2.24, 2.45) is 28.6 Å². The Bertz CT molecular complexity index is 708. The van der Waals surface area contributed by atoms with Crippen molar-refractivity contribution in [3.63, 3.8) is 0 Å². The van der Waals surface area contributed by atoms with Gasteiger partial charge < -0.3 is 20.4 Å². The first kappa shape index (κ1) is 21.3. The molecule has 0 amide bonds. The van der Waals surface area contributed by atoms with Gasteiger partial charge in [0, 0.05) is 12.0 Å². The molecule has 1 unspecified atom stereocenters. The second kappa shape index (κ2) is 7.64. The number of fused-ring (bicyclic) bond motifs is 1. The third-order valence-corrected chi connectivity index (χ3v) is 9.42. The summed E-state index contributed by atoms with van der Waals surface area (Å²) in [5.74, 6) is 0.534. The first-order chi connectivity index (χ1) is 13.7. The van der Waals surface area contributed by atoms with Crippen LogP contribution in [0, 0.1) is 28.6 Å². The molecule has 3 aliphatic carbocycles. The Labute approximate surface area is 175 Å². The molecule has 0 aromatic heterocycles. The summed E-state index contributed by atoms with van der Waals surface area (Å²) in [6.07, 6.45) is 5.72. The minimum absolute atomic E-state index is 0.0201. The topological polar surface area (TPSA) is 80.9 Å². The number of rotatable bonds is 4. The van der Waals surface area contributed by atoms with Crippen LogP contribution in [0.4, 0.5) is 0 Å². The van der Waals surface area contributed by atoms with Gasteiger partial charge >= 0.3 is 0 Å². The molecule has 0 saturated heterocycles. The molecular formula is C25H38O4. The Hall–Kier alpha value is -0.940. The average Bonchev–Trinajstić information content (AvgIpc) is 3.01. The Balaban J connectivity index is 1.53. The largest absolute Gasteiger partial charge is 0.396 e. The molecule has 0 spiro atoms. The second-order valence-electron chi connectivity index (χ2n) is 10.7. The zero-order chi connectivity index (χ0) is 20.9. The molecule has 3 aliphatic rings. The van der Waals surface area contributed by atoms with Crippen molar-refractivity contribution in [3.8, 4) is 0 Å². The SMILES string of the molecule is C[C@@]1(C(O)[C@H]2CC[C@@]3(C)[C@@H](CC[C@@]3(O)c3ccccc3)C2)CC[C@H](O)C[C@@H]1CO. The summed E-state index contributed by atoms with van der Waals surface area (Å²) in [4.78, 5) is 0. The van der Waals surface area contributed by atoms with Gasteiger partial charge in [-0.25, -0.2) is 0 Å². The fraction of sp³-hybridized carbons (Fsp3) is 0.760. The van der Waals surface area contributed by atoms with Crippen LogP contribution in [-0.4, -0.2) is 39.2 Å². The summed E-state index contributed by atoms with van der Waals surface area (Å²) < 4.78 is 0. The smallest absolute Gasteiger partial charge is 0.0952 e. The molecule has 4 heteroatoms. The van der Waals surface area contributed by atoms with Gasteiger partial charge in [0.05, 0.1) is 17.8 Å². The zero-order valence-electron chi connectivity index (χ0n) is 17.9. The molecule has 3 saturated carbocycles. The van der Waals surface area contributed by atoms with Crippen molar-refractivity contribution >= 4 is 0 Å². The number of aliphatic hydroxyl groups is 4. The van der Waals surface area contributed by atoms with E-state index in [1.54, 1.807) is 0 Å². The lowest BCUT2D eigenvalue weighted by Crippen LogP contribution is -2.52. The van der Waals surface area contributed by atoms with Crippen LogP contribution >= 0.6 is 0 Å². The fourth-order valence-corrected chi connectivity index (χ4v) is 7.17. The van der Waals surface area contributed by atoms with Crippen molar-refractivity contribution in [2.45, 2.75) is 83.0 Å². The molecule has 3 fully saturated rings. The molecule has 1 aromatic rings. The van der Waals surface area contributed by atoms with Gasteiger partial charge in [-0.05, 0) is 80.1 Å². The van der Waals surface area contributed by atoms with Crippen molar-refractivity contribution in [1.82, 2.24) is 0 Å². The molecule has 4 rings (SSSR count).